The smallest absolute Gasteiger partial charge is 0.236 e. The van der Waals surface area contributed by atoms with Crippen molar-refractivity contribution in [3.05, 3.63) is 47.5 Å². The molecular weight excluding hydrogens is 414 g/mol. The van der Waals surface area contributed by atoms with Crippen LogP contribution in [0.25, 0.3) is 0 Å². The summed E-state index contributed by atoms with van der Waals surface area (Å²) in [5.74, 6) is 3.01. The third kappa shape index (κ3) is 5.88. The van der Waals surface area contributed by atoms with Crippen molar-refractivity contribution in [3.8, 4) is 5.75 Å². The van der Waals surface area contributed by atoms with Crippen molar-refractivity contribution in [1.82, 2.24) is 19.9 Å². The van der Waals surface area contributed by atoms with Crippen molar-refractivity contribution < 1.29 is 14.1 Å². The summed E-state index contributed by atoms with van der Waals surface area (Å²) < 4.78 is 13.1. The highest BCUT2D eigenvalue weighted by molar-refractivity contribution is 7.99. The van der Waals surface area contributed by atoms with Gasteiger partial charge in [0.05, 0.1) is 5.75 Å². The first-order valence-corrected chi connectivity index (χ1v) is 11.3. The molecule has 1 atom stereocenters. The predicted molar refractivity (Wildman–Crippen MR) is 121 cm³/mol. The standard InChI is InChI=1S/C22H29N5O3S/c1-13(2)17-7-9-18(10-8-17)29-16(6)21-24-25-22(27(21)14(3)4)31-12-20(28)23-19-11-15(5)30-26-19/h7-11,13-14,16H,12H2,1-6H3,(H,23,26,28). The van der Waals surface area contributed by atoms with Gasteiger partial charge in [0.25, 0.3) is 0 Å². The molecule has 31 heavy (non-hydrogen) atoms. The average molecular weight is 444 g/mol. The molecule has 0 aliphatic carbocycles. The number of hydrogen-bond acceptors (Lipinski definition) is 7. The van der Waals surface area contributed by atoms with E-state index in [1.54, 1.807) is 13.0 Å². The first-order chi connectivity index (χ1) is 14.7. The second-order valence-corrected chi connectivity index (χ2v) is 8.89. The fourth-order valence-electron chi connectivity index (χ4n) is 3.07. The molecule has 1 unspecified atom stereocenters. The largest absolute Gasteiger partial charge is 0.483 e. The molecule has 0 aliphatic heterocycles. The number of ether oxygens (including phenoxy) is 1. The molecule has 0 saturated heterocycles. The monoisotopic (exact) mass is 443 g/mol. The number of hydrogen-bond donors (Lipinski definition) is 1. The van der Waals surface area contributed by atoms with Crippen LogP contribution in [0.2, 0.25) is 0 Å². The fraction of sp³-hybridized carbons (Fsp3) is 0.455. The Labute approximate surface area is 186 Å². The molecule has 2 aromatic heterocycles. The SMILES string of the molecule is Cc1cc(NC(=O)CSc2nnc(C(C)Oc3ccc(C(C)C)cc3)n2C(C)C)no1. The zero-order valence-corrected chi connectivity index (χ0v) is 19.6. The highest BCUT2D eigenvalue weighted by Gasteiger charge is 2.22. The zero-order valence-electron chi connectivity index (χ0n) is 18.7. The van der Waals surface area contributed by atoms with E-state index in [2.05, 4.69) is 60.5 Å². The third-order valence-corrected chi connectivity index (χ3v) is 5.60. The molecule has 8 nitrogen and oxygen atoms in total. The molecule has 0 radical (unpaired) electrons. The van der Waals surface area contributed by atoms with Crippen LogP contribution in [0.4, 0.5) is 5.82 Å². The summed E-state index contributed by atoms with van der Waals surface area (Å²) in [6, 6.07) is 9.90. The molecular formula is C22H29N5O3S. The highest BCUT2D eigenvalue weighted by atomic mass is 32.2. The normalized spacial score (nSPS) is 12.4. The molecule has 3 aromatic rings. The molecule has 2 heterocycles. The summed E-state index contributed by atoms with van der Waals surface area (Å²) in [7, 11) is 0. The first kappa shape index (κ1) is 22.9. The van der Waals surface area contributed by atoms with E-state index in [1.807, 2.05) is 23.6 Å². The number of benzene rings is 1. The summed E-state index contributed by atoms with van der Waals surface area (Å²) in [5.41, 5.74) is 1.27. The van der Waals surface area contributed by atoms with E-state index in [4.69, 9.17) is 9.26 Å². The summed E-state index contributed by atoms with van der Waals surface area (Å²) in [6.07, 6.45) is -0.291. The van der Waals surface area contributed by atoms with Crippen molar-refractivity contribution >= 4 is 23.5 Å². The van der Waals surface area contributed by atoms with Gasteiger partial charge in [0.15, 0.2) is 22.9 Å². The maximum atomic E-state index is 12.2. The number of thioether (sulfide) groups is 1. The Morgan fingerprint density at radius 2 is 1.87 bits per heavy atom. The number of nitrogens with one attached hydrogen (secondary N) is 1. The van der Waals surface area contributed by atoms with Crippen LogP contribution >= 0.6 is 11.8 Å². The lowest BCUT2D eigenvalue weighted by molar-refractivity contribution is -0.113. The minimum absolute atomic E-state index is 0.114. The quantitative estimate of drug-likeness (QED) is 0.457. The summed E-state index contributed by atoms with van der Waals surface area (Å²) in [6.45, 7) is 12.2. The Bertz CT molecular complexity index is 1010. The molecule has 0 saturated carbocycles. The van der Waals surface area contributed by atoms with Gasteiger partial charge >= 0.3 is 0 Å². The number of nitrogens with zero attached hydrogens (tertiary/aromatic N) is 4. The van der Waals surface area contributed by atoms with Crippen LogP contribution in [0.15, 0.2) is 40.0 Å². The second kappa shape index (κ2) is 10.00. The average Bonchev–Trinajstić information content (AvgIpc) is 3.32. The second-order valence-electron chi connectivity index (χ2n) is 7.95. The van der Waals surface area contributed by atoms with E-state index in [1.165, 1.54) is 17.3 Å². The van der Waals surface area contributed by atoms with Crippen LogP contribution in [0.5, 0.6) is 5.75 Å². The lowest BCUT2D eigenvalue weighted by Crippen LogP contribution is -2.16. The minimum Gasteiger partial charge on any atom is -0.483 e. The molecule has 0 bridgehead atoms. The Morgan fingerprint density at radius 1 is 1.16 bits per heavy atom. The predicted octanol–water partition coefficient (Wildman–Crippen LogP) is 5.15. The van der Waals surface area contributed by atoms with Gasteiger partial charge in [-0.1, -0.05) is 42.9 Å². The van der Waals surface area contributed by atoms with Gasteiger partial charge in [0, 0.05) is 12.1 Å². The topological polar surface area (TPSA) is 95.1 Å². The fourth-order valence-corrected chi connectivity index (χ4v) is 3.95. The third-order valence-electron chi connectivity index (χ3n) is 4.66. The molecule has 3 rings (SSSR count). The van der Waals surface area contributed by atoms with E-state index in [0.29, 0.717) is 22.7 Å². The molecule has 0 aliphatic rings. The van der Waals surface area contributed by atoms with Crippen molar-refractivity contribution in [2.75, 3.05) is 11.1 Å². The molecule has 1 amide bonds. The number of carbonyl (C=O) groups is 1. The highest BCUT2D eigenvalue weighted by Crippen LogP contribution is 2.28. The van der Waals surface area contributed by atoms with Crippen molar-refractivity contribution in [1.29, 1.82) is 0 Å². The Balaban J connectivity index is 1.66. The van der Waals surface area contributed by atoms with Gasteiger partial charge in [-0.25, -0.2) is 0 Å². The Hall–Kier alpha value is -2.81. The van der Waals surface area contributed by atoms with E-state index >= 15 is 0 Å². The van der Waals surface area contributed by atoms with Gasteiger partial charge in [-0.15, -0.1) is 10.2 Å². The Kier molecular flexibility index (Phi) is 7.37. The Morgan fingerprint density at radius 3 is 2.45 bits per heavy atom. The summed E-state index contributed by atoms with van der Waals surface area (Å²) in [4.78, 5) is 12.2. The van der Waals surface area contributed by atoms with Crippen molar-refractivity contribution in [3.63, 3.8) is 0 Å². The molecule has 1 N–H and O–H groups in total. The van der Waals surface area contributed by atoms with Crippen LogP contribution < -0.4 is 10.1 Å². The van der Waals surface area contributed by atoms with E-state index in [-0.39, 0.29) is 23.8 Å². The van der Waals surface area contributed by atoms with Gasteiger partial charge in [0.2, 0.25) is 5.91 Å². The maximum Gasteiger partial charge on any atom is 0.236 e. The van der Waals surface area contributed by atoms with Crippen LogP contribution in [0.3, 0.4) is 0 Å². The van der Waals surface area contributed by atoms with Gasteiger partial charge < -0.3 is 19.1 Å². The summed E-state index contributed by atoms with van der Waals surface area (Å²) in [5, 5.41) is 15.8. The lowest BCUT2D eigenvalue weighted by Gasteiger charge is -2.19. The number of aryl methyl sites for hydroxylation is 1. The maximum absolute atomic E-state index is 12.2. The van der Waals surface area contributed by atoms with Gasteiger partial charge in [-0.05, 0) is 51.3 Å². The molecule has 166 valence electrons. The number of anilines is 1. The number of carbonyl (C=O) groups excluding carboxylic acids is 1. The van der Waals surface area contributed by atoms with E-state index in [9.17, 15) is 4.79 Å². The van der Waals surface area contributed by atoms with E-state index < -0.39 is 0 Å². The minimum atomic E-state index is -0.291. The molecule has 0 fully saturated rings. The molecule has 0 spiro atoms. The zero-order chi connectivity index (χ0) is 22.5. The number of amides is 1. The van der Waals surface area contributed by atoms with Crippen LogP contribution in [0.1, 0.15) is 69.8 Å². The van der Waals surface area contributed by atoms with Crippen molar-refractivity contribution in [2.24, 2.45) is 0 Å². The lowest BCUT2D eigenvalue weighted by atomic mass is 10.0. The molecule has 1 aromatic carbocycles. The van der Waals surface area contributed by atoms with Gasteiger partial charge in [-0.2, -0.15) is 0 Å². The number of rotatable bonds is 9. The number of aromatic nitrogens is 4. The van der Waals surface area contributed by atoms with Crippen molar-refractivity contribution in [2.45, 2.75) is 64.8 Å². The first-order valence-electron chi connectivity index (χ1n) is 10.3. The van der Waals surface area contributed by atoms with Crippen LogP contribution in [0, 0.1) is 6.92 Å². The van der Waals surface area contributed by atoms with Gasteiger partial charge in [-0.3, -0.25) is 4.79 Å². The van der Waals surface area contributed by atoms with Crippen LogP contribution in [-0.2, 0) is 4.79 Å². The summed E-state index contributed by atoms with van der Waals surface area (Å²) >= 11 is 1.32. The van der Waals surface area contributed by atoms with Crippen LogP contribution in [-0.4, -0.2) is 31.6 Å². The van der Waals surface area contributed by atoms with Gasteiger partial charge in [0.1, 0.15) is 11.5 Å². The van der Waals surface area contributed by atoms with E-state index in [0.717, 1.165) is 11.6 Å². The molecule has 9 heteroatoms.